The van der Waals surface area contributed by atoms with E-state index in [1.54, 1.807) is 6.92 Å². The monoisotopic (exact) mass is 226 g/mol. The SMILES string of the molecule is CCn1cnc(Cl)c1CS(=O)(=O)F. The molecular formula is C6H8ClFN2O2S. The van der Waals surface area contributed by atoms with E-state index < -0.39 is 16.0 Å². The zero-order valence-corrected chi connectivity index (χ0v) is 8.44. The van der Waals surface area contributed by atoms with Gasteiger partial charge in [-0.3, -0.25) is 0 Å². The van der Waals surface area contributed by atoms with E-state index in [0.29, 0.717) is 6.54 Å². The molecular weight excluding hydrogens is 219 g/mol. The maximum Gasteiger partial charge on any atom is 0.308 e. The fourth-order valence-electron chi connectivity index (χ4n) is 0.961. The largest absolute Gasteiger partial charge is 0.333 e. The molecule has 0 aliphatic rings. The molecule has 0 amide bonds. The van der Waals surface area contributed by atoms with E-state index in [0.717, 1.165) is 0 Å². The maximum atomic E-state index is 12.3. The minimum atomic E-state index is -4.55. The van der Waals surface area contributed by atoms with Crippen LogP contribution in [0.2, 0.25) is 5.15 Å². The Morgan fingerprint density at radius 2 is 2.31 bits per heavy atom. The smallest absolute Gasteiger partial charge is 0.308 e. The van der Waals surface area contributed by atoms with Crippen LogP contribution in [0, 0.1) is 0 Å². The topological polar surface area (TPSA) is 52.0 Å². The molecule has 7 heteroatoms. The van der Waals surface area contributed by atoms with Gasteiger partial charge in [0.1, 0.15) is 5.75 Å². The first kappa shape index (κ1) is 10.5. The van der Waals surface area contributed by atoms with Crippen LogP contribution in [0.15, 0.2) is 6.33 Å². The van der Waals surface area contributed by atoms with Gasteiger partial charge >= 0.3 is 10.2 Å². The summed E-state index contributed by atoms with van der Waals surface area (Å²) in [6.07, 6.45) is 1.38. The number of aromatic nitrogens is 2. The van der Waals surface area contributed by atoms with Crippen LogP contribution in [-0.4, -0.2) is 18.0 Å². The third-order valence-electron chi connectivity index (χ3n) is 1.55. The number of halogens is 2. The normalized spacial score (nSPS) is 11.9. The second kappa shape index (κ2) is 3.63. The summed E-state index contributed by atoms with van der Waals surface area (Å²) in [6, 6.07) is 0. The van der Waals surface area contributed by atoms with Gasteiger partial charge in [-0.15, -0.1) is 3.89 Å². The molecule has 1 aromatic rings. The standard InChI is InChI=1S/C6H8ClFN2O2S/c1-2-10-4-9-6(7)5(10)3-13(8,11)12/h4H,2-3H2,1H3. The molecule has 1 aromatic heterocycles. The quantitative estimate of drug-likeness (QED) is 0.732. The summed E-state index contributed by atoms with van der Waals surface area (Å²) in [7, 11) is -4.55. The van der Waals surface area contributed by atoms with Gasteiger partial charge in [0.05, 0.1) is 12.0 Å². The van der Waals surface area contributed by atoms with Gasteiger partial charge in [-0.2, -0.15) is 8.42 Å². The van der Waals surface area contributed by atoms with E-state index in [-0.39, 0.29) is 10.8 Å². The molecule has 0 atom stereocenters. The fourth-order valence-corrected chi connectivity index (χ4v) is 1.89. The van der Waals surface area contributed by atoms with Crippen LogP contribution in [0.25, 0.3) is 0 Å². The highest BCUT2D eigenvalue weighted by Crippen LogP contribution is 2.17. The van der Waals surface area contributed by atoms with Crippen molar-refractivity contribution in [1.29, 1.82) is 0 Å². The lowest BCUT2D eigenvalue weighted by Gasteiger charge is -2.01. The molecule has 4 nitrogen and oxygen atoms in total. The maximum absolute atomic E-state index is 12.3. The Bertz CT molecular complexity index is 401. The molecule has 0 saturated heterocycles. The van der Waals surface area contributed by atoms with Crippen LogP contribution >= 0.6 is 11.6 Å². The lowest BCUT2D eigenvalue weighted by molar-refractivity contribution is 0.548. The van der Waals surface area contributed by atoms with Crippen LogP contribution in [0.3, 0.4) is 0 Å². The van der Waals surface area contributed by atoms with Gasteiger partial charge in [0.2, 0.25) is 0 Å². The summed E-state index contributed by atoms with van der Waals surface area (Å²) in [5.41, 5.74) is 0.187. The molecule has 1 rings (SSSR count). The van der Waals surface area contributed by atoms with E-state index >= 15 is 0 Å². The van der Waals surface area contributed by atoms with Crippen molar-refractivity contribution in [2.75, 3.05) is 0 Å². The molecule has 0 N–H and O–H groups in total. The van der Waals surface area contributed by atoms with E-state index in [9.17, 15) is 12.3 Å². The summed E-state index contributed by atoms with van der Waals surface area (Å²) in [4.78, 5) is 3.67. The van der Waals surface area contributed by atoms with Gasteiger partial charge in [0.15, 0.2) is 5.15 Å². The summed E-state index contributed by atoms with van der Waals surface area (Å²) in [6.45, 7) is 2.29. The van der Waals surface area contributed by atoms with Gasteiger partial charge in [-0.05, 0) is 6.92 Å². The number of imidazole rings is 1. The Morgan fingerprint density at radius 3 is 2.77 bits per heavy atom. The first-order valence-corrected chi connectivity index (χ1v) is 5.49. The molecule has 1 heterocycles. The van der Waals surface area contributed by atoms with Crippen molar-refractivity contribution in [3.63, 3.8) is 0 Å². The van der Waals surface area contributed by atoms with E-state index in [2.05, 4.69) is 4.98 Å². The van der Waals surface area contributed by atoms with Crippen molar-refractivity contribution in [2.24, 2.45) is 0 Å². The van der Waals surface area contributed by atoms with Crippen molar-refractivity contribution in [3.05, 3.63) is 17.2 Å². The predicted molar refractivity (Wildman–Crippen MR) is 46.6 cm³/mol. The lowest BCUT2D eigenvalue weighted by Crippen LogP contribution is -2.04. The number of hydrogen-bond donors (Lipinski definition) is 0. The van der Waals surface area contributed by atoms with Crippen LogP contribution in [-0.2, 0) is 22.5 Å². The highest BCUT2D eigenvalue weighted by atomic mass is 35.5. The molecule has 74 valence electrons. The van der Waals surface area contributed by atoms with Crippen molar-refractivity contribution in [3.8, 4) is 0 Å². The average molecular weight is 227 g/mol. The first-order chi connectivity index (χ1) is 5.94. The van der Waals surface area contributed by atoms with Gasteiger partial charge in [-0.25, -0.2) is 4.98 Å². The second-order valence-corrected chi connectivity index (χ2v) is 4.18. The van der Waals surface area contributed by atoms with Crippen molar-refractivity contribution in [2.45, 2.75) is 19.2 Å². The second-order valence-electron chi connectivity index (χ2n) is 2.45. The van der Waals surface area contributed by atoms with Gasteiger partial charge in [0, 0.05) is 6.54 Å². The van der Waals surface area contributed by atoms with Crippen LogP contribution in [0.4, 0.5) is 3.89 Å². The van der Waals surface area contributed by atoms with E-state index in [1.807, 2.05) is 0 Å². The Labute approximate surface area is 80.6 Å². The number of hydrogen-bond acceptors (Lipinski definition) is 3. The Balaban J connectivity index is 3.05. The summed E-state index contributed by atoms with van der Waals surface area (Å²) >= 11 is 5.57. The zero-order valence-electron chi connectivity index (χ0n) is 6.87. The predicted octanol–water partition coefficient (Wildman–Crippen LogP) is 1.36. The van der Waals surface area contributed by atoms with Crippen molar-refractivity contribution in [1.82, 2.24) is 9.55 Å². The molecule has 0 aromatic carbocycles. The van der Waals surface area contributed by atoms with Gasteiger partial charge in [-0.1, -0.05) is 11.6 Å². The summed E-state index contributed by atoms with van der Waals surface area (Å²) in [5.74, 6) is -0.723. The molecule has 13 heavy (non-hydrogen) atoms. The summed E-state index contributed by atoms with van der Waals surface area (Å²) in [5, 5.41) is 0.0306. The molecule has 0 radical (unpaired) electrons. The van der Waals surface area contributed by atoms with Gasteiger partial charge < -0.3 is 4.57 Å². The minimum Gasteiger partial charge on any atom is -0.333 e. The Morgan fingerprint density at radius 1 is 1.69 bits per heavy atom. The third kappa shape index (κ3) is 2.67. The minimum absolute atomic E-state index is 0.0306. The molecule has 0 bridgehead atoms. The third-order valence-corrected chi connectivity index (χ3v) is 2.48. The Kier molecular flexibility index (Phi) is 2.92. The van der Waals surface area contributed by atoms with E-state index in [4.69, 9.17) is 11.6 Å². The molecule has 0 aliphatic heterocycles. The highest BCUT2D eigenvalue weighted by molar-refractivity contribution is 7.85. The first-order valence-electron chi connectivity index (χ1n) is 3.56. The van der Waals surface area contributed by atoms with Crippen LogP contribution in [0.1, 0.15) is 12.6 Å². The van der Waals surface area contributed by atoms with E-state index in [1.165, 1.54) is 10.9 Å². The number of aryl methyl sites for hydroxylation is 1. The lowest BCUT2D eigenvalue weighted by atomic mass is 10.5. The zero-order chi connectivity index (χ0) is 10.1. The van der Waals surface area contributed by atoms with Crippen molar-refractivity contribution < 1.29 is 12.3 Å². The Hall–Kier alpha value is -0.620. The molecule has 0 aliphatic carbocycles. The molecule has 0 fully saturated rings. The molecule has 0 unspecified atom stereocenters. The molecule has 0 saturated carbocycles. The number of nitrogens with zero attached hydrogens (tertiary/aromatic N) is 2. The van der Waals surface area contributed by atoms with Crippen molar-refractivity contribution >= 4 is 21.8 Å². The summed E-state index contributed by atoms with van der Waals surface area (Å²) < 4.78 is 34.5. The van der Waals surface area contributed by atoms with Crippen LogP contribution < -0.4 is 0 Å². The highest BCUT2D eigenvalue weighted by Gasteiger charge is 2.16. The fraction of sp³-hybridized carbons (Fsp3) is 0.500. The molecule has 0 spiro atoms. The van der Waals surface area contributed by atoms with Crippen LogP contribution in [0.5, 0.6) is 0 Å². The number of rotatable bonds is 3. The van der Waals surface area contributed by atoms with Gasteiger partial charge in [0.25, 0.3) is 0 Å². The average Bonchev–Trinajstić information content (AvgIpc) is 2.30.